The highest BCUT2D eigenvalue weighted by molar-refractivity contribution is 5.96. The fraction of sp³-hybridized carbons (Fsp3) is 0.222. The van der Waals surface area contributed by atoms with Crippen LogP contribution < -0.4 is 0 Å². The van der Waals surface area contributed by atoms with Gasteiger partial charge < -0.3 is 5.11 Å². The minimum atomic E-state index is -4.89. The van der Waals surface area contributed by atoms with Gasteiger partial charge in [-0.05, 0) is 19.1 Å². The maximum absolute atomic E-state index is 13.0. The second-order valence-corrected chi connectivity index (χ2v) is 2.88. The van der Waals surface area contributed by atoms with Gasteiger partial charge in [0.05, 0.1) is 11.1 Å². The van der Waals surface area contributed by atoms with Crippen LogP contribution in [0.5, 0.6) is 5.75 Å². The summed E-state index contributed by atoms with van der Waals surface area (Å²) in [7, 11) is 0. The number of rotatable bonds is 1. The Kier molecular flexibility index (Phi) is 2.70. The number of alkyl halides is 3. The topological polar surface area (TPSA) is 37.3 Å². The Labute approximate surface area is 82.1 Å². The number of hydrogen-bond donors (Lipinski definition) is 1. The molecule has 6 heteroatoms. The van der Waals surface area contributed by atoms with Crippen LogP contribution in [0.15, 0.2) is 12.1 Å². The van der Waals surface area contributed by atoms with E-state index in [0.29, 0.717) is 6.07 Å². The third-order valence-electron chi connectivity index (χ3n) is 1.80. The smallest absolute Gasteiger partial charge is 0.419 e. The molecule has 0 atom stereocenters. The van der Waals surface area contributed by atoms with Crippen molar-refractivity contribution in [1.82, 2.24) is 0 Å². The van der Waals surface area contributed by atoms with Gasteiger partial charge in [-0.2, -0.15) is 13.2 Å². The normalized spacial score (nSPS) is 11.5. The average Bonchev–Trinajstić information content (AvgIpc) is 2.06. The first-order valence-electron chi connectivity index (χ1n) is 3.84. The van der Waals surface area contributed by atoms with Gasteiger partial charge in [0.1, 0.15) is 0 Å². The Bertz CT molecular complexity index is 409. The maximum atomic E-state index is 13.0. The lowest BCUT2D eigenvalue weighted by molar-refractivity contribution is -0.140. The van der Waals surface area contributed by atoms with Gasteiger partial charge in [0, 0.05) is 0 Å². The van der Waals surface area contributed by atoms with E-state index in [2.05, 4.69) is 0 Å². The lowest BCUT2D eigenvalue weighted by Gasteiger charge is -2.10. The van der Waals surface area contributed by atoms with Crippen molar-refractivity contribution >= 4 is 5.78 Å². The summed E-state index contributed by atoms with van der Waals surface area (Å²) in [6.45, 7) is 1.02. The first-order chi connectivity index (χ1) is 6.75. The van der Waals surface area contributed by atoms with Gasteiger partial charge in [0.15, 0.2) is 17.3 Å². The summed E-state index contributed by atoms with van der Waals surface area (Å²) in [5, 5.41) is 9.02. The summed E-state index contributed by atoms with van der Waals surface area (Å²) in [6, 6.07) is 1.16. The number of carbonyl (C=O) groups excluding carboxylic acids is 1. The molecule has 1 rings (SSSR count). The lowest BCUT2D eigenvalue weighted by atomic mass is 10.1. The third-order valence-corrected chi connectivity index (χ3v) is 1.80. The Hall–Kier alpha value is -1.59. The molecule has 15 heavy (non-hydrogen) atoms. The molecule has 0 saturated carbocycles. The predicted molar refractivity (Wildman–Crippen MR) is 43.1 cm³/mol. The second kappa shape index (κ2) is 3.52. The number of aromatic hydroxyl groups is 1. The van der Waals surface area contributed by atoms with E-state index in [1.165, 1.54) is 0 Å². The fourth-order valence-electron chi connectivity index (χ4n) is 1.07. The van der Waals surface area contributed by atoms with Crippen LogP contribution in [0.2, 0.25) is 0 Å². The Morgan fingerprint density at radius 3 is 2.27 bits per heavy atom. The summed E-state index contributed by atoms with van der Waals surface area (Å²) in [4.78, 5) is 10.8. The van der Waals surface area contributed by atoms with Crippen molar-refractivity contribution in [2.75, 3.05) is 0 Å². The molecule has 1 N–H and O–H groups in total. The zero-order chi connectivity index (χ0) is 11.8. The molecule has 0 unspecified atom stereocenters. The van der Waals surface area contributed by atoms with Gasteiger partial charge in [-0.1, -0.05) is 0 Å². The van der Waals surface area contributed by atoms with Gasteiger partial charge in [-0.15, -0.1) is 0 Å². The monoisotopic (exact) mass is 222 g/mol. The van der Waals surface area contributed by atoms with E-state index >= 15 is 0 Å². The molecule has 0 aliphatic rings. The molecule has 0 aliphatic carbocycles. The van der Waals surface area contributed by atoms with E-state index in [-0.39, 0.29) is 0 Å². The van der Waals surface area contributed by atoms with Crippen molar-refractivity contribution in [3.8, 4) is 5.75 Å². The van der Waals surface area contributed by atoms with E-state index < -0.39 is 34.7 Å². The fourth-order valence-corrected chi connectivity index (χ4v) is 1.07. The van der Waals surface area contributed by atoms with Crippen LogP contribution in [0.25, 0.3) is 0 Å². The molecule has 0 aliphatic heterocycles. The van der Waals surface area contributed by atoms with Crippen molar-refractivity contribution in [3.63, 3.8) is 0 Å². The minimum Gasteiger partial charge on any atom is -0.504 e. The zero-order valence-corrected chi connectivity index (χ0v) is 7.52. The van der Waals surface area contributed by atoms with E-state index in [1.807, 2.05) is 0 Å². The summed E-state index contributed by atoms with van der Waals surface area (Å²) in [5.41, 5.74) is -2.06. The second-order valence-electron chi connectivity index (χ2n) is 2.88. The molecule has 0 bridgehead atoms. The molecule has 0 spiro atoms. The van der Waals surface area contributed by atoms with Gasteiger partial charge in [-0.25, -0.2) is 4.39 Å². The van der Waals surface area contributed by atoms with E-state index in [9.17, 15) is 22.4 Å². The van der Waals surface area contributed by atoms with Crippen molar-refractivity contribution in [2.24, 2.45) is 0 Å². The Morgan fingerprint density at radius 2 is 1.87 bits per heavy atom. The van der Waals surface area contributed by atoms with E-state index in [0.717, 1.165) is 13.0 Å². The highest BCUT2D eigenvalue weighted by atomic mass is 19.4. The Morgan fingerprint density at radius 1 is 1.33 bits per heavy atom. The van der Waals surface area contributed by atoms with Crippen molar-refractivity contribution in [2.45, 2.75) is 13.1 Å². The molecule has 0 saturated heterocycles. The van der Waals surface area contributed by atoms with Gasteiger partial charge in [0.25, 0.3) is 0 Å². The summed E-state index contributed by atoms with van der Waals surface area (Å²) in [5.74, 6) is -3.80. The number of carbonyl (C=O) groups is 1. The highest BCUT2D eigenvalue weighted by Gasteiger charge is 2.36. The first kappa shape index (κ1) is 11.5. The summed E-state index contributed by atoms with van der Waals surface area (Å²) >= 11 is 0. The molecular formula is C9H6F4O2. The molecule has 0 aromatic heterocycles. The largest absolute Gasteiger partial charge is 0.504 e. The summed E-state index contributed by atoms with van der Waals surface area (Å²) in [6.07, 6.45) is -4.89. The van der Waals surface area contributed by atoms with Crippen LogP contribution >= 0.6 is 0 Å². The standard InChI is InChI=1S/C9H6F4O2/c1-4(14)5-2-3-6(9(11,12)13)7(10)8(5)15/h2-3,15H,1H3. The van der Waals surface area contributed by atoms with E-state index in [4.69, 9.17) is 5.11 Å². The molecule has 0 amide bonds. The molecule has 0 heterocycles. The van der Waals surface area contributed by atoms with Gasteiger partial charge in [-0.3, -0.25) is 4.79 Å². The lowest BCUT2D eigenvalue weighted by Crippen LogP contribution is -2.09. The van der Waals surface area contributed by atoms with Crippen molar-refractivity contribution in [3.05, 3.63) is 29.1 Å². The van der Waals surface area contributed by atoms with Crippen LogP contribution in [-0.4, -0.2) is 10.9 Å². The number of halogens is 4. The third kappa shape index (κ3) is 2.08. The van der Waals surface area contributed by atoms with Gasteiger partial charge >= 0.3 is 6.18 Å². The molecular weight excluding hydrogens is 216 g/mol. The number of hydrogen-bond acceptors (Lipinski definition) is 2. The molecule has 0 radical (unpaired) electrons. The Balaban J connectivity index is 3.41. The quantitative estimate of drug-likeness (QED) is 0.586. The molecule has 2 nitrogen and oxygen atoms in total. The van der Waals surface area contributed by atoms with Gasteiger partial charge in [0.2, 0.25) is 0 Å². The predicted octanol–water partition coefficient (Wildman–Crippen LogP) is 2.75. The number of phenolic OH excluding ortho intramolecular Hbond substituents is 1. The van der Waals surface area contributed by atoms with Crippen LogP contribution in [0.3, 0.4) is 0 Å². The van der Waals surface area contributed by atoms with Crippen LogP contribution in [-0.2, 0) is 6.18 Å². The molecule has 1 aromatic rings. The number of benzene rings is 1. The number of ketones is 1. The SMILES string of the molecule is CC(=O)c1ccc(C(F)(F)F)c(F)c1O. The number of Topliss-reactive ketones (excluding diaryl/α,β-unsaturated/α-hetero) is 1. The molecule has 82 valence electrons. The van der Waals surface area contributed by atoms with E-state index in [1.54, 1.807) is 0 Å². The maximum Gasteiger partial charge on any atom is 0.419 e. The minimum absolute atomic E-state index is 0.422. The summed E-state index contributed by atoms with van der Waals surface area (Å²) < 4.78 is 49.4. The van der Waals surface area contributed by atoms with Crippen LogP contribution in [0.1, 0.15) is 22.8 Å². The van der Waals surface area contributed by atoms with Crippen molar-refractivity contribution < 1.29 is 27.5 Å². The molecule has 1 aromatic carbocycles. The van der Waals surface area contributed by atoms with Crippen molar-refractivity contribution in [1.29, 1.82) is 0 Å². The van der Waals surface area contributed by atoms with Crippen LogP contribution in [0.4, 0.5) is 17.6 Å². The molecule has 0 fully saturated rings. The average molecular weight is 222 g/mol. The first-order valence-corrected chi connectivity index (χ1v) is 3.84. The highest BCUT2D eigenvalue weighted by Crippen LogP contribution is 2.36. The zero-order valence-electron chi connectivity index (χ0n) is 7.52. The number of phenols is 1. The van der Waals surface area contributed by atoms with Crippen LogP contribution in [0, 0.1) is 5.82 Å².